The van der Waals surface area contributed by atoms with Gasteiger partial charge in [-0.2, -0.15) is 0 Å². The number of nitrogens with two attached hydrogens (primary N) is 1. The van der Waals surface area contributed by atoms with Crippen molar-refractivity contribution in [1.29, 1.82) is 0 Å². The molecule has 1 saturated carbocycles. The smallest absolute Gasteiger partial charge is 0.0412 e. The van der Waals surface area contributed by atoms with Gasteiger partial charge in [0.25, 0.3) is 0 Å². The van der Waals surface area contributed by atoms with Crippen molar-refractivity contribution in [2.24, 2.45) is 5.73 Å². The third-order valence-electron chi connectivity index (χ3n) is 3.02. The van der Waals surface area contributed by atoms with E-state index in [1.54, 1.807) is 0 Å². The molecule has 0 bridgehead atoms. The fourth-order valence-corrected chi connectivity index (χ4v) is 2.22. The van der Waals surface area contributed by atoms with Gasteiger partial charge in [-0.05, 0) is 37.1 Å². The fourth-order valence-electron chi connectivity index (χ4n) is 2.10. The number of hydrogen-bond acceptors (Lipinski definition) is 2. The Morgan fingerprint density at radius 3 is 2.47 bits per heavy atom. The van der Waals surface area contributed by atoms with E-state index in [2.05, 4.69) is 5.32 Å². The average Bonchev–Trinajstić information content (AvgIpc) is 2.25. The van der Waals surface area contributed by atoms with E-state index in [-0.39, 0.29) is 6.04 Å². The first kappa shape index (κ1) is 10.8. The van der Waals surface area contributed by atoms with Gasteiger partial charge in [0.1, 0.15) is 0 Å². The van der Waals surface area contributed by atoms with Crippen LogP contribution >= 0.6 is 11.6 Å². The Morgan fingerprint density at radius 1 is 1.13 bits per heavy atom. The van der Waals surface area contributed by atoms with Crippen molar-refractivity contribution in [3.63, 3.8) is 0 Å². The fraction of sp³-hybridized carbons (Fsp3) is 0.500. The predicted octanol–water partition coefficient (Wildman–Crippen LogP) is 3.02. The molecule has 3 heteroatoms. The summed E-state index contributed by atoms with van der Waals surface area (Å²) in [6, 6.07) is 8.51. The molecule has 0 unspecified atom stereocenters. The number of benzene rings is 1. The molecule has 1 aliphatic carbocycles. The second kappa shape index (κ2) is 4.86. The van der Waals surface area contributed by atoms with E-state index >= 15 is 0 Å². The first-order chi connectivity index (χ1) is 7.25. The summed E-state index contributed by atoms with van der Waals surface area (Å²) in [6.07, 6.45) is 4.84. The van der Waals surface area contributed by atoms with Gasteiger partial charge in [0.2, 0.25) is 0 Å². The molecule has 3 N–H and O–H groups in total. The summed E-state index contributed by atoms with van der Waals surface area (Å²) in [5.74, 6) is 0. The maximum Gasteiger partial charge on any atom is 0.0412 e. The lowest BCUT2D eigenvalue weighted by Crippen LogP contribution is -2.42. The molecule has 0 spiro atoms. The van der Waals surface area contributed by atoms with Crippen molar-refractivity contribution in [3.8, 4) is 0 Å². The number of nitrogens with one attached hydrogen (secondary N) is 1. The first-order valence-electron chi connectivity index (χ1n) is 5.53. The van der Waals surface area contributed by atoms with Crippen LogP contribution < -0.4 is 11.1 Å². The van der Waals surface area contributed by atoms with Crippen LogP contribution in [0, 0.1) is 0 Å². The first-order valence-corrected chi connectivity index (χ1v) is 5.91. The quantitative estimate of drug-likeness (QED) is 0.811. The molecule has 2 nitrogen and oxygen atoms in total. The molecule has 2 atom stereocenters. The molecule has 1 aromatic rings. The molecule has 82 valence electrons. The highest BCUT2D eigenvalue weighted by Crippen LogP contribution is 2.21. The molecule has 0 aliphatic heterocycles. The van der Waals surface area contributed by atoms with E-state index in [1.807, 2.05) is 24.3 Å². The number of halogens is 1. The van der Waals surface area contributed by atoms with Gasteiger partial charge in [0.15, 0.2) is 0 Å². The van der Waals surface area contributed by atoms with Crippen LogP contribution in [0.5, 0.6) is 0 Å². The van der Waals surface area contributed by atoms with Gasteiger partial charge in [-0.15, -0.1) is 0 Å². The van der Waals surface area contributed by atoms with E-state index < -0.39 is 0 Å². The van der Waals surface area contributed by atoms with Gasteiger partial charge in [-0.1, -0.05) is 24.4 Å². The van der Waals surface area contributed by atoms with E-state index in [0.717, 1.165) is 17.1 Å². The third-order valence-corrected chi connectivity index (χ3v) is 3.27. The van der Waals surface area contributed by atoms with E-state index in [1.165, 1.54) is 19.3 Å². The van der Waals surface area contributed by atoms with E-state index in [9.17, 15) is 0 Å². The van der Waals surface area contributed by atoms with Crippen molar-refractivity contribution in [2.75, 3.05) is 5.32 Å². The van der Waals surface area contributed by atoms with E-state index in [4.69, 9.17) is 17.3 Å². The molecule has 1 fully saturated rings. The molecule has 0 amide bonds. The number of rotatable bonds is 2. The van der Waals surface area contributed by atoms with Gasteiger partial charge < -0.3 is 11.1 Å². The van der Waals surface area contributed by atoms with Crippen molar-refractivity contribution in [1.82, 2.24) is 0 Å². The highest BCUT2D eigenvalue weighted by Gasteiger charge is 2.21. The van der Waals surface area contributed by atoms with Gasteiger partial charge in [0, 0.05) is 22.8 Å². The summed E-state index contributed by atoms with van der Waals surface area (Å²) in [5.41, 5.74) is 7.18. The molecule has 1 aromatic carbocycles. The van der Waals surface area contributed by atoms with Crippen LogP contribution in [0.1, 0.15) is 25.7 Å². The second-order valence-electron chi connectivity index (χ2n) is 4.21. The third kappa shape index (κ3) is 2.86. The maximum atomic E-state index is 6.07. The van der Waals surface area contributed by atoms with Crippen molar-refractivity contribution in [3.05, 3.63) is 29.3 Å². The zero-order valence-electron chi connectivity index (χ0n) is 8.75. The van der Waals surface area contributed by atoms with E-state index in [0.29, 0.717) is 6.04 Å². The molecular weight excluding hydrogens is 208 g/mol. The second-order valence-corrected chi connectivity index (χ2v) is 4.64. The van der Waals surface area contributed by atoms with Crippen LogP contribution in [-0.4, -0.2) is 12.1 Å². The van der Waals surface area contributed by atoms with Crippen LogP contribution in [-0.2, 0) is 0 Å². The summed E-state index contributed by atoms with van der Waals surface area (Å²) in [5, 5.41) is 4.25. The van der Waals surface area contributed by atoms with Crippen molar-refractivity contribution >= 4 is 17.3 Å². The molecular formula is C12H17ClN2. The lowest BCUT2D eigenvalue weighted by molar-refractivity contribution is 0.404. The van der Waals surface area contributed by atoms with Gasteiger partial charge in [-0.25, -0.2) is 0 Å². The Labute approximate surface area is 95.8 Å². The minimum absolute atomic E-state index is 0.287. The Kier molecular flexibility index (Phi) is 3.49. The van der Waals surface area contributed by atoms with Crippen molar-refractivity contribution < 1.29 is 0 Å². The molecule has 0 aromatic heterocycles. The standard InChI is InChI=1S/C12H17ClN2/c13-9-5-7-10(8-6-9)15-12-4-2-1-3-11(12)14/h5-8,11-12,15H,1-4,14H2/t11-,12+/m1/s1. The molecule has 15 heavy (non-hydrogen) atoms. The maximum absolute atomic E-state index is 6.07. The average molecular weight is 225 g/mol. The minimum atomic E-state index is 0.287. The Balaban J connectivity index is 1.98. The molecule has 1 aliphatic rings. The van der Waals surface area contributed by atoms with Gasteiger partial charge in [-0.3, -0.25) is 0 Å². The zero-order valence-corrected chi connectivity index (χ0v) is 9.50. The number of anilines is 1. The van der Waals surface area contributed by atoms with Crippen LogP contribution in [0.15, 0.2) is 24.3 Å². The SMILES string of the molecule is N[C@@H]1CCCC[C@@H]1Nc1ccc(Cl)cc1. The van der Waals surface area contributed by atoms with Crippen LogP contribution in [0.25, 0.3) is 0 Å². The minimum Gasteiger partial charge on any atom is -0.381 e. The summed E-state index contributed by atoms with van der Waals surface area (Å²) in [7, 11) is 0. The highest BCUT2D eigenvalue weighted by molar-refractivity contribution is 6.30. The van der Waals surface area contributed by atoms with Crippen molar-refractivity contribution in [2.45, 2.75) is 37.8 Å². The van der Waals surface area contributed by atoms with Crippen LogP contribution in [0.3, 0.4) is 0 Å². The normalized spacial score (nSPS) is 26.3. The molecule has 0 radical (unpaired) electrons. The predicted molar refractivity (Wildman–Crippen MR) is 65.3 cm³/mol. The summed E-state index contributed by atoms with van der Waals surface area (Å²) >= 11 is 5.83. The lowest BCUT2D eigenvalue weighted by atomic mass is 9.91. The molecule has 0 heterocycles. The summed E-state index contributed by atoms with van der Waals surface area (Å²) in [4.78, 5) is 0. The topological polar surface area (TPSA) is 38.0 Å². The zero-order chi connectivity index (χ0) is 10.7. The van der Waals surface area contributed by atoms with Crippen LogP contribution in [0.4, 0.5) is 5.69 Å². The highest BCUT2D eigenvalue weighted by atomic mass is 35.5. The number of hydrogen-bond donors (Lipinski definition) is 2. The Hall–Kier alpha value is -0.730. The Bertz CT molecular complexity index is 310. The summed E-state index contributed by atoms with van der Waals surface area (Å²) < 4.78 is 0. The summed E-state index contributed by atoms with van der Waals surface area (Å²) in [6.45, 7) is 0. The van der Waals surface area contributed by atoms with Gasteiger partial charge >= 0.3 is 0 Å². The molecule has 0 saturated heterocycles. The lowest BCUT2D eigenvalue weighted by Gasteiger charge is -2.30. The molecule has 2 rings (SSSR count). The Morgan fingerprint density at radius 2 is 1.80 bits per heavy atom. The monoisotopic (exact) mass is 224 g/mol. The largest absolute Gasteiger partial charge is 0.381 e. The van der Waals surface area contributed by atoms with Crippen LogP contribution in [0.2, 0.25) is 5.02 Å². The van der Waals surface area contributed by atoms with Gasteiger partial charge in [0.05, 0.1) is 0 Å².